The number of hydrogen-bond donors (Lipinski definition) is 1. The van der Waals surface area contributed by atoms with Gasteiger partial charge in [-0.25, -0.2) is 4.39 Å². The quantitative estimate of drug-likeness (QED) is 0.637. The number of methoxy groups -OCH3 is 1. The molecule has 1 aromatic rings. The first kappa shape index (κ1) is 18.0. The average Bonchev–Trinajstić information content (AvgIpc) is 2.46. The van der Waals surface area contributed by atoms with E-state index in [2.05, 4.69) is 19.2 Å². The van der Waals surface area contributed by atoms with Crippen LogP contribution in [0.2, 0.25) is 0 Å². The number of benzene rings is 1. The third kappa shape index (κ3) is 8.12. The molecule has 0 heterocycles. The Kier molecular flexibility index (Phi) is 9.17. The Labute approximate surface area is 126 Å². The molecular formula is C16H26FNO3. The molecule has 4 nitrogen and oxygen atoms in total. The summed E-state index contributed by atoms with van der Waals surface area (Å²) in [5.41, 5.74) is 0.960. The minimum atomic E-state index is -0.239. The van der Waals surface area contributed by atoms with Crippen LogP contribution in [0.3, 0.4) is 0 Å². The normalized spacial score (nSPS) is 12.8. The summed E-state index contributed by atoms with van der Waals surface area (Å²) in [6.45, 7) is 6.99. The molecule has 0 spiro atoms. The molecule has 1 aromatic carbocycles. The fourth-order valence-electron chi connectivity index (χ4n) is 1.79. The van der Waals surface area contributed by atoms with Crippen molar-refractivity contribution in [3.05, 3.63) is 35.6 Å². The van der Waals surface area contributed by atoms with Gasteiger partial charge in [0.15, 0.2) is 0 Å². The Morgan fingerprint density at radius 2 is 1.71 bits per heavy atom. The summed E-state index contributed by atoms with van der Waals surface area (Å²) in [5, 5.41) is 3.34. The maximum Gasteiger partial charge on any atom is 0.123 e. The van der Waals surface area contributed by atoms with E-state index in [0.29, 0.717) is 39.0 Å². The summed E-state index contributed by atoms with van der Waals surface area (Å²) < 4.78 is 29.1. The van der Waals surface area contributed by atoms with Crippen LogP contribution in [0, 0.1) is 5.82 Å². The fraction of sp³-hybridized carbons (Fsp3) is 0.625. The Hall–Kier alpha value is -1.01. The van der Waals surface area contributed by atoms with E-state index in [0.717, 1.165) is 5.56 Å². The van der Waals surface area contributed by atoms with Gasteiger partial charge in [-0.2, -0.15) is 0 Å². The van der Waals surface area contributed by atoms with Crippen molar-refractivity contribution in [3.8, 4) is 0 Å². The van der Waals surface area contributed by atoms with Gasteiger partial charge in [0.05, 0.1) is 32.5 Å². The van der Waals surface area contributed by atoms with Crippen LogP contribution >= 0.6 is 0 Å². The molecule has 21 heavy (non-hydrogen) atoms. The number of hydrogen-bond acceptors (Lipinski definition) is 4. The van der Waals surface area contributed by atoms with Crippen LogP contribution in [-0.4, -0.2) is 46.1 Å². The van der Waals surface area contributed by atoms with Gasteiger partial charge in [0.25, 0.3) is 0 Å². The predicted molar refractivity (Wildman–Crippen MR) is 80.9 cm³/mol. The highest BCUT2D eigenvalue weighted by atomic mass is 19.1. The zero-order valence-electron chi connectivity index (χ0n) is 13.1. The molecule has 0 aromatic heterocycles. The van der Waals surface area contributed by atoms with E-state index in [-0.39, 0.29) is 11.9 Å². The van der Waals surface area contributed by atoms with E-state index >= 15 is 0 Å². The number of nitrogens with one attached hydrogen (secondary N) is 1. The SMILES string of the molecule is COCCOCCOC(CNC(C)C)c1ccc(F)cc1. The van der Waals surface area contributed by atoms with Crippen molar-refractivity contribution in [2.45, 2.75) is 26.0 Å². The smallest absolute Gasteiger partial charge is 0.123 e. The molecule has 0 fully saturated rings. The van der Waals surface area contributed by atoms with Crippen molar-refractivity contribution in [1.29, 1.82) is 0 Å². The van der Waals surface area contributed by atoms with E-state index in [1.165, 1.54) is 12.1 Å². The lowest BCUT2D eigenvalue weighted by Gasteiger charge is -2.20. The van der Waals surface area contributed by atoms with E-state index in [1.807, 2.05) is 0 Å². The molecule has 1 unspecified atom stereocenters. The summed E-state index contributed by atoms with van der Waals surface area (Å²) in [6.07, 6.45) is -0.112. The molecule has 0 amide bonds. The molecule has 1 N–H and O–H groups in total. The largest absolute Gasteiger partial charge is 0.382 e. The highest BCUT2D eigenvalue weighted by Gasteiger charge is 2.12. The molecule has 0 aliphatic rings. The van der Waals surface area contributed by atoms with E-state index < -0.39 is 0 Å². The molecule has 0 saturated carbocycles. The second kappa shape index (κ2) is 10.7. The van der Waals surface area contributed by atoms with E-state index in [4.69, 9.17) is 14.2 Å². The van der Waals surface area contributed by atoms with Gasteiger partial charge in [0.2, 0.25) is 0 Å². The highest BCUT2D eigenvalue weighted by Crippen LogP contribution is 2.17. The van der Waals surface area contributed by atoms with Crippen molar-refractivity contribution in [1.82, 2.24) is 5.32 Å². The number of rotatable bonds is 11. The van der Waals surface area contributed by atoms with Crippen LogP contribution in [-0.2, 0) is 14.2 Å². The van der Waals surface area contributed by atoms with Crippen molar-refractivity contribution in [3.63, 3.8) is 0 Å². The maximum absolute atomic E-state index is 13.0. The second-order valence-corrected chi connectivity index (χ2v) is 5.08. The summed E-state index contributed by atoms with van der Waals surface area (Å²) >= 11 is 0. The van der Waals surface area contributed by atoms with Gasteiger partial charge >= 0.3 is 0 Å². The molecule has 120 valence electrons. The van der Waals surface area contributed by atoms with Gasteiger partial charge in [-0.15, -0.1) is 0 Å². The fourth-order valence-corrected chi connectivity index (χ4v) is 1.79. The zero-order chi connectivity index (χ0) is 15.5. The molecule has 1 rings (SSSR count). The van der Waals surface area contributed by atoms with Crippen LogP contribution < -0.4 is 5.32 Å². The monoisotopic (exact) mass is 299 g/mol. The molecule has 1 atom stereocenters. The highest BCUT2D eigenvalue weighted by molar-refractivity contribution is 5.19. The predicted octanol–water partition coefficient (Wildman–Crippen LogP) is 2.54. The molecule has 0 aliphatic carbocycles. The summed E-state index contributed by atoms with van der Waals surface area (Å²) in [4.78, 5) is 0. The summed E-state index contributed by atoms with van der Waals surface area (Å²) in [6, 6.07) is 6.79. The minimum absolute atomic E-state index is 0.112. The molecule has 0 bridgehead atoms. The standard InChI is InChI=1S/C16H26FNO3/c1-13(2)18-12-16(14-4-6-15(17)7-5-14)21-11-10-20-9-8-19-3/h4-7,13,16,18H,8-12H2,1-3H3. The van der Waals surface area contributed by atoms with Gasteiger partial charge < -0.3 is 19.5 Å². The Bertz CT molecular complexity index is 370. The van der Waals surface area contributed by atoms with Crippen molar-refractivity contribution < 1.29 is 18.6 Å². The first-order valence-electron chi connectivity index (χ1n) is 7.30. The van der Waals surface area contributed by atoms with Gasteiger partial charge in [0, 0.05) is 19.7 Å². The minimum Gasteiger partial charge on any atom is -0.382 e. The first-order chi connectivity index (χ1) is 10.1. The van der Waals surface area contributed by atoms with Crippen molar-refractivity contribution in [2.75, 3.05) is 40.1 Å². The molecule has 0 radical (unpaired) electrons. The zero-order valence-corrected chi connectivity index (χ0v) is 13.1. The molecular weight excluding hydrogens is 273 g/mol. The Balaban J connectivity index is 2.42. The summed E-state index contributed by atoms with van der Waals surface area (Å²) in [5.74, 6) is -0.239. The third-order valence-electron chi connectivity index (χ3n) is 2.93. The topological polar surface area (TPSA) is 39.7 Å². The summed E-state index contributed by atoms with van der Waals surface area (Å²) in [7, 11) is 1.64. The Morgan fingerprint density at radius 1 is 1.05 bits per heavy atom. The van der Waals surface area contributed by atoms with Crippen molar-refractivity contribution >= 4 is 0 Å². The maximum atomic E-state index is 13.0. The van der Waals surface area contributed by atoms with Gasteiger partial charge in [-0.1, -0.05) is 26.0 Å². The second-order valence-electron chi connectivity index (χ2n) is 5.08. The lowest BCUT2D eigenvalue weighted by Crippen LogP contribution is -2.29. The van der Waals surface area contributed by atoms with Crippen LogP contribution in [0.1, 0.15) is 25.5 Å². The van der Waals surface area contributed by atoms with Crippen molar-refractivity contribution in [2.24, 2.45) is 0 Å². The molecule has 5 heteroatoms. The Morgan fingerprint density at radius 3 is 2.33 bits per heavy atom. The van der Waals surface area contributed by atoms with Crippen LogP contribution in [0.15, 0.2) is 24.3 Å². The number of halogens is 1. The van der Waals surface area contributed by atoms with E-state index in [1.54, 1.807) is 19.2 Å². The lowest BCUT2D eigenvalue weighted by molar-refractivity contribution is -0.00739. The average molecular weight is 299 g/mol. The van der Waals surface area contributed by atoms with Gasteiger partial charge in [-0.05, 0) is 17.7 Å². The first-order valence-corrected chi connectivity index (χ1v) is 7.30. The van der Waals surface area contributed by atoms with Crippen LogP contribution in [0.25, 0.3) is 0 Å². The van der Waals surface area contributed by atoms with Crippen LogP contribution in [0.5, 0.6) is 0 Å². The van der Waals surface area contributed by atoms with E-state index in [9.17, 15) is 4.39 Å². The number of ether oxygens (including phenoxy) is 3. The third-order valence-corrected chi connectivity index (χ3v) is 2.93. The van der Waals surface area contributed by atoms with Gasteiger partial charge in [-0.3, -0.25) is 0 Å². The lowest BCUT2D eigenvalue weighted by atomic mass is 10.1. The molecule has 0 saturated heterocycles. The molecule has 0 aliphatic heterocycles. The van der Waals surface area contributed by atoms with Crippen LogP contribution in [0.4, 0.5) is 4.39 Å². The van der Waals surface area contributed by atoms with Gasteiger partial charge in [0.1, 0.15) is 5.82 Å².